The lowest BCUT2D eigenvalue weighted by Gasteiger charge is -2.25. The van der Waals surface area contributed by atoms with Crippen LogP contribution in [0.3, 0.4) is 0 Å². The molecule has 0 saturated heterocycles. The summed E-state index contributed by atoms with van der Waals surface area (Å²) in [7, 11) is 3.46. The van der Waals surface area contributed by atoms with Gasteiger partial charge in [-0.1, -0.05) is 18.2 Å². The topological polar surface area (TPSA) is 54.5 Å². The molecule has 1 amide bonds. The van der Waals surface area contributed by atoms with Crippen molar-refractivity contribution in [1.82, 2.24) is 9.88 Å². The lowest BCUT2D eigenvalue weighted by atomic mass is 9.97. The van der Waals surface area contributed by atoms with E-state index in [0.717, 1.165) is 24.5 Å². The first-order valence-electron chi connectivity index (χ1n) is 7.76. The minimum Gasteiger partial charge on any atom is -0.493 e. The Bertz CT molecular complexity index is 683. The molecule has 1 aliphatic heterocycles. The average molecular weight is 311 g/mol. The molecular weight excluding hydrogens is 290 g/mol. The number of rotatable bonds is 4. The Morgan fingerprint density at radius 3 is 2.87 bits per heavy atom. The van der Waals surface area contributed by atoms with E-state index in [1.165, 1.54) is 5.56 Å². The summed E-state index contributed by atoms with van der Waals surface area (Å²) in [5.41, 5.74) is 1.85. The Labute approximate surface area is 136 Å². The second-order valence-corrected chi connectivity index (χ2v) is 6.00. The Hall–Kier alpha value is -2.56. The van der Waals surface area contributed by atoms with Crippen molar-refractivity contribution in [1.29, 1.82) is 0 Å². The van der Waals surface area contributed by atoms with Crippen LogP contribution < -0.4 is 10.1 Å². The van der Waals surface area contributed by atoms with Gasteiger partial charge in [0.15, 0.2) is 0 Å². The van der Waals surface area contributed by atoms with E-state index in [0.29, 0.717) is 18.1 Å². The van der Waals surface area contributed by atoms with Gasteiger partial charge in [-0.05, 0) is 30.2 Å². The molecule has 1 aromatic heterocycles. The quantitative estimate of drug-likeness (QED) is 0.942. The fourth-order valence-electron chi connectivity index (χ4n) is 2.65. The van der Waals surface area contributed by atoms with Crippen molar-refractivity contribution in [2.24, 2.45) is 5.92 Å². The fraction of sp³-hybridized carbons (Fsp3) is 0.333. The zero-order chi connectivity index (χ0) is 16.2. The lowest BCUT2D eigenvalue weighted by Crippen LogP contribution is -2.27. The largest absolute Gasteiger partial charge is 0.493 e. The molecule has 23 heavy (non-hydrogen) atoms. The number of benzene rings is 1. The molecule has 1 aromatic carbocycles. The number of fused-ring (bicyclic) bond motifs is 1. The van der Waals surface area contributed by atoms with E-state index in [1.54, 1.807) is 31.3 Å². The Kier molecular flexibility index (Phi) is 4.46. The summed E-state index contributed by atoms with van der Waals surface area (Å²) in [6, 6.07) is 11.8. The summed E-state index contributed by atoms with van der Waals surface area (Å²) in [6.07, 6.45) is 2.61. The van der Waals surface area contributed by atoms with E-state index in [2.05, 4.69) is 16.4 Å². The number of carbonyl (C=O) groups excluding carboxylic acids is 1. The molecule has 0 fully saturated rings. The third-order valence-corrected chi connectivity index (χ3v) is 3.94. The van der Waals surface area contributed by atoms with Gasteiger partial charge in [-0.15, -0.1) is 0 Å². The number of nitrogens with one attached hydrogen (secondary N) is 1. The van der Waals surface area contributed by atoms with Gasteiger partial charge in [0.05, 0.1) is 12.2 Å². The van der Waals surface area contributed by atoms with E-state index in [9.17, 15) is 4.79 Å². The summed E-state index contributed by atoms with van der Waals surface area (Å²) in [5, 5.41) is 3.32. The van der Waals surface area contributed by atoms with Crippen molar-refractivity contribution >= 4 is 11.7 Å². The van der Waals surface area contributed by atoms with Crippen molar-refractivity contribution in [2.75, 3.05) is 32.6 Å². The predicted molar refractivity (Wildman–Crippen MR) is 89.9 cm³/mol. The molecule has 3 rings (SSSR count). The molecule has 0 radical (unpaired) electrons. The van der Waals surface area contributed by atoms with Gasteiger partial charge in [0, 0.05) is 32.8 Å². The zero-order valence-electron chi connectivity index (χ0n) is 13.5. The Morgan fingerprint density at radius 1 is 1.30 bits per heavy atom. The third kappa shape index (κ3) is 3.62. The Morgan fingerprint density at radius 2 is 2.13 bits per heavy atom. The maximum Gasteiger partial charge on any atom is 0.254 e. The van der Waals surface area contributed by atoms with E-state index in [4.69, 9.17) is 4.74 Å². The summed E-state index contributed by atoms with van der Waals surface area (Å²) in [5.74, 6) is 2.14. The number of anilines is 1. The molecule has 0 spiro atoms. The molecule has 1 N–H and O–H groups in total. The van der Waals surface area contributed by atoms with Crippen LogP contribution >= 0.6 is 0 Å². The van der Waals surface area contributed by atoms with Crippen molar-refractivity contribution < 1.29 is 9.53 Å². The van der Waals surface area contributed by atoms with Crippen LogP contribution in [0.2, 0.25) is 0 Å². The van der Waals surface area contributed by atoms with Crippen LogP contribution in [-0.2, 0) is 6.42 Å². The van der Waals surface area contributed by atoms with Crippen molar-refractivity contribution in [3.05, 3.63) is 53.7 Å². The molecule has 0 bridgehead atoms. The van der Waals surface area contributed by atoms with Crippen LogP contribution in [0.4, 0.5) is 5.82 Å². The first-order valence-corrected chi connectivity index (χ1v) is 7.76. The highest BCUT2D eigenvalue weighted by Gasteiger charge is 2.19. The van der Waals surface area contributed by atoms with Crippen LogP contribution in [0, 0.1) is 5.92 Å². The molecule has 5 heteroatoms. The highest BCUT2D eigenvalue weighted by molar-refractivity contribution is 5.93. The molecule has 120 valence electrons. The highest BCUT2D eigenvalue weighted by Crippen LogP contribution is 2.26. The van der Waals surface area contributed by atoms with E-state index in [-0.39, 0.29) is 5.91 Å². The summed E-state index contributed by atoms with van der Waals surface area (Å²) >= 11 is 0. The number of nitrogens with zero attached hydrogens (tertiary/aromatic N) is 2. The molecule has 1 atom stereocenters. The predicted octanol–water partition coefficient (Wildman–Crippen LogP) is 2.45. The molecule has 0 aliphatic carbocycles. The summed E-state index contributed by atoms with van der Waals surface area (Å²) in [6.45, 7) is 1.50. The minimum absolute atomic E-state index is 0.0404. The maximum atomic E-state index is 11.8. The summed E-state index contributed by atoms with van der Waals surface area (Å²) in [4.78, 5) is 17.7. The van der Waals surface area contributed by atoms with E-state index < -0.39 is 0 Å². The highest BCUT2D eigenvalue weighted by atomic mass is 16.5. The van der Waals surface area contributed by atoms with Crippen LogP contribution in [0.5, 0.6) is 5.75 Å². The summed E-state index contributed by atoms with van der Waals surface area (Å²) < 4.78 is 5.79. The first-order chi connectivity index (χ1) is 11.1. The minimum atomic E-state index is -0.0404. The number of hydrogen-bond acceptors (Lipinski definition) is 4. The average Bonchev–Trinajstić information content (AvgIpc) is 2.59. The SMILES string of the molecule is CN(C)C(=O)c1ccc(NCC2COc3ccccc3C2)nc1. The standard InChI is InChI=1S/C18H21N3O2/c1-21(2)18(22)15-7-8-17(20-11-15)19-10-13-9-14-5-3-4-6-16(14)23-12-13/h3-8,11,13H,9-10,12H2,1-2H3,(H,19,20). The number of amides is 1. The number of pyridine rings is 1. The number of para-hydroxylation sites is 1. The molecular formula is C18H21N3O2. The van der Waals surface area contributed by atoms with Crippen molar-refractivity contribution in [2.45, 2.75) is 6.42 Å². The van der Waals surface area contributed by atoms with Gasteiger partial charge in [-0.3, -0.25) is 4.79 Å². The Balaban J connectivity index is 1.56. The fourth-order valence-corrected chi connectivity index (χ4v) is 2.65. The zero-order valence-corrected chi connectivity index (χ0v) is 13.5. The van der Waals surface area contributed by atoms with Gasteiger partial charge < -0.3 is 15.0 Å². The third-order valence-electron chi connectivity index (χ3n) is 3.94. The molecule has 2 aromatic rings. The molecule has 5 nitrogen and oxygen atoms in total. The van der Waals surface area contributed by atoms with Crippen LogP contribution in [0.25, 0.3) is 0 Å². The van der Waals surface area contributed by atoms with Gasteiger partial charge in [-0.25, -0.2) is 4.98 Å². The monoisotopic (exact) mass is 311 g/mol. The van der Waals surface area contributed by atoms with E-state index in [1.807, 2.05) is 24.3 Å². The molecule has 1 unspecified atom stereocenters. The molecule has 1 aliphatic rings. The molecule has 0 saturated carbocycles. The van der Waals surface area contributed by atoms with Gasteiger partial charge in [0.1, 0.15) is 11.6 Å². The van der Waals surface area contributed by atoms with Gasteiger partial charge in [0.2, 0.25) is 0 Å². The smallest absolute Gasteiger partial charge is 0.254 e. The van der Waals surface area contributed by atoms with Gasteiger partial charge >= 0.3 is 0 Å². The number of aromatic nitrogens is 1. The van der Waals surface area contributed by atoms with Gasteiger partial charge in [-0.2, -0.15) is 0 Å². The second kappa shape index (κ2) is 6.69. The maximum absolute atomic E-state index is 11.8. The van der Waals surface area contributed by atoms with Crippen molar-refractivity contribution in [3.8, 4) is 5.75 Å². The second-order valence-electron chi connectivity index (χ2n) is 6.00. The molecule has 2 heterocycles. The number of hydrogen-bond donors (Lipinski definition) is 1. The van der Waals surface area contributed by atoms with Crippen LogP contribution in [-0.4, -0.2) is 43.0 Å². The number of ether oxygens (including phenoxy) is 1. The van der Waals surface area contributed by atoms with Crippen LogP contribution in [0.15, 0.2) is 42.6 Å². The normalized spacial score (nSPS) is 16.2. The lowest BCUT2D eigenvalue weighted by molar-refractivity contribution is 0.0827. The van der Waals surface area contributed by atoms with Crippen molar-refractivity contribution in [3.63, 3.8) is 0 Å². The van der Waals surface area contributed by atoms with E-state index >= 15 is 0 Å². The van der Waals surface area contributed by atoms with Gasteiger partial charge in [0.25, 0.3) is 5.91 Å². The van der Waals surface area contributed by atoms with Crippen LogP contribution in [0.1, 0.15) is 15.9 Å². The first kappa shape index (κ1) is 15.3. The number of carbonyl (C=O) groups is 1.